The Morgan fingerprint density at radius 3 is 2.79 bits per heavy atom. The van der Waals surface area contributed by atoms with Gasteiger partial charge in [0.15, 0.2) is 0 Å². The molecule has 8 heteroatoms. The number of carbonyl (C=O) groups is 1. The number of halogens is 3. The molecule has 1 saturated carbocycles. The van der Waals surface area contributed by atoms with Gasteiger partial charge in [-0.1, -0.05) is 47.3 Å². The van der Waals surface area contributed by atoms with Gasteiger partial charge < -0.3 is 14.9 Å². The SMILES string of the molecule is O=C(NC1CCCCC1O)c1onc(-c2ccc(Cl)c(F)c2)c1Cl. The van der Waals surface area contributed by atoms with Crippen LogP contribution in [-0.4, -0.2) is 28.3 Å². The third-order valence-electron chi connectivity index (χ3n) is 4.08. The predicted octanol–water partition coefficient (Wildman–Crippen LogP) is 3.82. The molecule has 128 valence electrons. The van der Waals surface area contributed by atoms with Gasteiger partial charge in [0.25, 0.3) is 5.91 Å². The molecule has 1 amide bonds. The van der Waals surface area contributed by atoms with Crippen LogP contribution in [0.15, 0.2) is 22.7 Å². The van der Waals surface area contributed by atoms with Crippen LogP contribution in [0.5, 0.6) is 0 Å². The Kier molecular flexibility index (Phi) is 5.08. The van der Waals surface area contributed by atoms with Crippen LogP contribution >= 0.6 is 23.2 Å². The second-order valence-electron chi connectivity index (χ2n) is 5.73. The highest BCUT2D eigenvalue weighted by Crippen LogP contribution is 2.32. The summed E-state index contributed by atoms with van der Waals surface area (Å²) in [6, 6.07) is 3.72. The number of carbonyl (C=O) groups excluding carboxylic acids is 1. The van der Waals surface area contributed by atoms with Crippen molar-refractivity contribution in [3.63, 3.8) is 0 Å². The number of aliphatic hydroxyl groups is 1. The number of nitrogens with zero attached hydrogens (tertiary/aromatic N) is 1. The molecule has 1 fully saturated rings. The first kappa shape index (κ1) is 17.2. The Bertz CT molecular complexity index is 766. The molecular formula is C16H15Cl2FN2O3. The fourth-order valence-electron chi connectivity index (χ4n) is 2.76. The van der Waals surface area contributed by atoms with Gasteiger partial charge in [-0.2, -0.15) is 0 Å². The van der Waals surface area contributed by atoms with Gasteiger partial charge in [0.2, 0.25) is 5.76 Å². The minimum atomic E-state index is -0.621. The van der Waals surface area contributed by atoms with Crippen molar-refractivity contribution in [2.24, 2.45) is 0 Å². The van der Waals surface area contributed by atoms with Gasteiger partial charge in [-0.25, -0.2) is 4.39 Å². The van der Waals surface area contributed by atoms with Crippen LogP contribution in [0.4, 0.5) is 4.39 Å². The Labute approximate surface area is 147 Å². The van der Waals surface area contributed by atoms with E-state index in [4.69, 9.17) is 27.7 Å². The molecule has 2 atom stereocenters. The molecule has 1 aromatic carbocycles. The number of aromatic nitrogens is 1. The van der Waals surface area contributed by atoms with E-state index in [-0.39, 0.29) is 27.5 Å². The maximum Gasteiger partial charge on any atom is 0.291 e. The van der Waals surface area contributed by atoms with Crippen molar-refractivity contribution < 1.29 is 18.8 Å². The summed E-state index contributed by atoms with van der Waals surface area (Å²) < 4.78 is 18.6. The number of aliphatic hydroxyl groups excluding tert-OH is 1. The van der Waals surface area contributed by atoms with Gasteiger partial charge in [0.1, 0.15) is 16.5 Å². The average Bonchev–Trinajstić information content (AvgIpc) is 2.94. The molecule has 0 spiro atoms. The van der Waals surface area contributed by atoms with Gasteiger partial charge in [-0.3, -0.25) is 4.79 Å². The summed E-state index contributed by atoms with van der Waals surface area (Å²) in [5, 5.41) is 16.3. The third kappa shape index (κ3) is 3.41. The summed E-state index contributed by atoms with van der Waals surface area (Å²) >= 11 is 11.8. The van der Waals surface area contributed by atoms with E-state index >= 15 is 0 Å². The van der Waals surface area contributed by atoms with E-state index in [0.717, 1.165) is 12.8 Å². The molecule has 0 radical (unpaired) electrons. The minimum absolute atomic E-state index is 0.0143. The summed E-state index contributed by atoms with van der Waals surface area (Å²) in [6.45, 7) is 0. The Morgan fingerprint density at radius 1 is 1.33 bits per heavy atom. The summed E-state index contributed by atoms with van der Waals surface area (Å²) in [5.41, 5.74) is 0.504. The molecule has 0 aliphatic heterocycles. The molecule has 1 aliphatic rings. The third-order valence-corrected chi connectivity index (χ3v) is 4.74. The topological polar surface area (TPSA) is 75.4 Å². The zero-order valence-corrected chi connectivity index (χ0v) is 14.1. The molecule has 5 nitrogen and oxygen atoms in total. The van der Waals surface area contributed by atoms with Crippen molar-refractivity contribution in [2.75, 3.05) is 0 Å². The summed E-state index contributed by atoms with van der Waals surface area (Å²) in [7, 11) is 0. The van der Waals surface area contributed by atoms with E-state index in [0.29, 0.717) is 18.4 Å². The molecule has 0 bridgehead atoms. The molecular weight excluding hydrogens is 358 g/mol. The molecule has 2 N–H and O–H groups in total. The average molecular weight is 373 g/mol. The molecule has 24 heavy (non-hydrogen) atoms. The lowest BCUT2D eigenvalue weighted by atomic mass is 9.92. The standard InChI is InChI=1S/C16H15Cl2FN2O3/c17-9-6-5-8(7-10(9)19)14-13(18)15(24-21-14)16(23)20-11-3-1-2-4-12(11)22/h5-7,11-12,22H,1-4H2,(H,20,23). The molecule has 1 aliphatic carbocycles. The number of rotatable bonds is 3. The van der Waals surface area contributed by atoms with Crippen molar-refractivity contribution in [3.05, 3.63) is 39.8 Å². The van der Waals surface area contributed by atoms with Crippen LogP contribution < -0.4 is 5.32 Å². The second kappa shape index (κ2) is 7.09. The van der Waals surface area contributed by atoms with E-state index in [9.17, 15) is 14.3 Å². The first-order chi connectivity index (χ1) is 11.5. The van der Waals surface area contributed by atoms with E-state index in [1.165, 1.54) is 18.2 Å². The quantitative estimate of drug-likeness (QED) is 0.858. The number of benzene rings is 1. The Morgan fingerprint density at radius 2 is 2.08 bits per heavy atom. The molecule has 3 rings (SSSR count). The fourth-order valence-corrected chi connectivity index (χ4v) is 3.14. The van der Waals surface area contributed by atoms with Crippen molar-refractivity contribution >= 4 is 29.1 Å². The monoisotopic (exact) mass is 372 g/mol. The largest absolute Gasteiger partial charge is 0.391 e. The Balaban J connectivity index is 1.81. The zero-order chi connectivity index (χ0) is 17.3. The number of nitrogens with one attached hydrogen (secondary N) is 1. The second-order valence-corrected chi connectivity index (χ2v) is 6.52. The number of amides is 1. The van der Waals surface area contributed by atoms with Crippen molar-refractivity contribution in [1.82, 2.24) is 10.5 Å². The predicted molar refractivity (Wildman–Crippen MR) is 87.6 cm³/mol. The smallest absolute Gasteiger partial charge is 0.291 e. The lowest BCUT2D eigenvalue weighted by Gasteiger charge is -2.27. The lowest BCUT2D eigenvalue weighted by Crippen LogP contribution is -2.45. The summed E-state index contributed by atoms with van der Waals surface area (Å²) in [5.74, 6) is -1.34. The van der Waals surface area contributed by atoms with Gasteiger partial charge >= 0.3 is 0 Å². The highest BCUT2D eigenvalue weighted by Gasteiger charge is 2.28. The van der Waals surface area contributed by atoms with E-state index in [1.54, 1.807) is 0 Å². The van der Waals surface area contributed by atoms with E-state index in [1.807, 2.05) is 0 Å². The molecule has 2 aromatic rings. The van der Waals surface area contributed by atoms with Crippen LogP contribution in [0.3, 0.4) is 0 Å². The molecule has 0 saturated heterocycles. The Hall–Kier alpha value is -1.63. The first-order valence-corrected chi connectivity index (χ1v) is 8.32. The van der Waals surface area contributed by atoms with Crippen LogP contribution in [0.1, 0.15) is 36.2 Å². The van der Waals surface area contributed by atoms with Gasteiger partial charge in [0, 0.05) is 5.56 Å². The van der Waals surface area contributed by atoms with Crippen LogP contribution in [0, 0.1) is 5.82 Å². The maximum absolute atomic E-state index is 13.6. The minimum Gasteiger partial charge on any atom is -0.391 e. The number of hydrogen-bond acceptors (Lipinski definition) is 4. The van der Waals surface area contributed by atoms with Crippen molar-refractivity contribution in [1.29, 1.82) is 0 Å². The van der Waals surface area contributed by atoms with Gasteiger partial charge in [0.05, 0.1) is 17.2 Å². The van der Waals surface area contributed by atoms with Crippen LogP contribution in [-0.2, 0) is 0 Å². The first-order valence-electron chi connectivity index (χ1n) is 7.57. The normalized spacial score (nSPS) is 20.8. The highest BCUT2D eigenvalue weighted by molar-refractivity contribution is 6.35. The maximum atomic E-state index is 13.6. The fraction of sp³-hybridized carbons (Fsp3) is 0.375. The number of hydrogen-bond donors (Lipinski definition) is 2. The molecule has 2 unspecified atom stereocenters. The van der Waals surface area contributed by atoms with Crippen LogP contribution in [0.2, 0.25) is 10.0 Å². The lowest BCUT2D eigenvalue weighted by molar-refractivity contribution is 0.0692. The van der Waals surface area contributed by atoms with Crippen molar-refractivity contribution in [3.8, 4) is 11.3 Å². The van der Waals surface area contributed by atoms with Crippen molar-refractivity contribution in [2.45, 2.75) is 37.8 Å². The summed E-state index contributed by atoms with van der Waals surface area (Å²) in [6.07, 6.45) is 2.61. The van der Waals surface area contributed by atoms with Gasteiger partial charge in [-0.15, -0.1) is 0 Å². The van der Waals surface area contributed by atoms with E-state index < -0.39 is 17.8 Å². The molecule has 1 heterocycles. The summed E-state index contributed by atoms with van der Waals surface area (Å²) in [4.78, 5) is 12.3. The van der Waals surface area contributed by atoms with Crippen LogP contribution in [0.25, 0.3) is 11.3 Å². The zero-order valence-electron chi connectivity index (χ0n) is 12.6. The van der Waals surface area contributed by atoms with Gasteiger partial charge in [-0.05, 0) is 25.0 Å². The molecule has 1 aromatic heterocycles. The van der Waals surface area contributed by atoms with E-state index in [2.05, 4.69) is 10.5 Å². The highest BCUT2D eigenvalue weighted by atomic mass is 35.5.